The van der Waals surface area contributed by atoms with Gasteiger partial charge in [-0.1, -0.05) is 29.8 Å². The number of fused-ring (bicyclic) bond motifs is 1. The molecule has 0 spiro atoms. The van der Waals surface area contributed by atoms with Crippen LogP contribution in [-0.4, -0.2) is 58.5 Å². The number of rotatable bonds is 7. The number of nitrogens with one attached hydrogen (secondary N) is 1. The summed E-state index contributed by atoms with van der Waals surface area (Å²) in [4.78, 5) is 53.3. The predicted octanol–water partition coefficient (Wildman–Crippen LogP) is 6.08. The van der Waals surface area contributed by atoms with Gasteiger partial charge in [0.15, 0.2) is 5.78 Å². The fourth-order valence-corrected chi connectivity index (χ4v) is 5.45. The Morgan fingerprint density at radius 2 is 1.64 bits per heavy atom. The van der Waals surface area contributed by atoms with E-state index in [1.807, 2.05) is 17.0 Å². The Balaban J connectivity index is 1.09. The molecule has 2 fully saturated rings. The largest absolute Gasteiger partial charge is 0.477 e. The van der Waals surface area contributed by atoms with Gasteiger partial charge in [-0.2, -0.15) is 0 Å². The Morgan fingerprint density at radius 3 is 2.27 bits per heavy atom. The zero-order valence-electron chi connectivity index (χ0n) is 23.5. The monoisotopic (exact) mass is 614 g/mol. The van der Waals surface area contributed by atoms with E-state index in [-0.39, 0.29) is 28.8 Å². The van der Waals surface area contributed by atoms with Crippen molar-refractivity contribution in [2.24, 2.45) is 0 Å². The van der Waals surface area contributed by atoms with E-state index >= 15 is 4.39 Å². The first-order valence-corrected chi connectivity index (χ1v) is 14.6. The average Bonchev–Trinajstić information content (AvgIpc) is 3.87. The zero-order chi connectivity index (χ0) is 31.0. The van der Waals surface area contributed by atoms with Crippen LogP contribution in [-0.2, 0) is 0 Å². The number of benzene rings is 3. The molecule has 3 aromatic carbocycles. The molecule has 1 aliphatic carbocycles. The van der Waals surface area contributed by atoms with Crippen LogP contribution in [0.5, 0.6) is 0 Å². The molecule has 224 valence electrons. The average molecular weight is 615 g/mol. The number of carboxylic acid groups (broad SMARTS) is 1. The van der Waals surface area contributed by atoms with E-state index in [4.69, 9.17) is 11.6 Å². The number of aromatic nitrogens is 1. The lowest BCUT2D eigenvalue weighted by molar-refractivity contribution is 0.0694. The number of urea groups is 1. The number of pyridine rings is 1. The van der Waals surface area contributed by atoms with E-state index in [0.717, 1.165) is 24.5 Å². The van der Waals surface area contributed by atoms with Crippen molar-refractivity contribution in [1.29, 1.82) is 0 Å². The smallest absolute Gasteiger partial charge is 0.341 e. The van der Waals surface area contributed by atoms with Crippen molar-refractivity contribution < 1.29 is 23.9 Å². The first kappa shape index (κ1) is 29.1. The lowest BCUT2D eigenvalue weighted by Gasteiger charge is -2.36. The number of piperazine rings is 1. The van der Waals surface area contributed by atoms with Crippen LogP contribution in [0.2, 0.25) is 5.02 Å². The van der Waals surface area contributed by atoms with Crippen LogP contribution >= 0.6 is 11.6 Å². The molecule has 2 amide bonds. The number of nitrogens with zero attached hydrogens (tertiary/aromatic N) is 3. The van der Waals surface area contributed by atoms with Crippen molar-refractivity contribution in [3.63, 3.8) is 0 Å². The van der Waals surface area contributed by atoms with Crippen molar-refractivity contribution in [2.45, 2.75) is 18.9 Å². The number of amides is 2. The Kier molecular flexibility index (Phi) is 7.92. The Morgan fingerprint density at radius 1 is 0.955 bits per heavy atom. The molecule has 0 atom stereocenters. The summed E-state index contributed by atoms with van der Waals surface area (Å²) in [7, 11) is 0. The van der Waals surface area contributed by atoms with Crippen LogP contribution in [0.4, 0.5) is 20.6 Å². The minimum absolute atomic E-state index is 0.0429. The maximum Gasteiger partial charge on any atom is 0.341 e. The molecule has 11 heteroatoms. The van der Waals surface area contributed by atoms with Crippen molar-refractivity contribution in [3.8, 4) is 0 Å². The van der Waals surface area contributed by atoms with Crippen molar-refractivity contribution in [1.82, 2.24) is 9.47 Å². The third-order valence-electron chi connectivity index (χ3n) is 7.90. The molecule has 1 saturated carbocycles. The van der Waals surface area contributed by atoms with E-state index in [1.54, 1.807) is 58.0 Å². The highest BCUT2D eigenvalue weighted by molar-refractivity contribution is 6.30. The number of aromatic carboxylic acids is 1. The lowest BCUT2D eigenvalue weighted by Crippen LogP contribution is -2.50. The van der Waals surface area contributed by atoms with Crippen LogP contribution < -0.4 is 15.6 Å². The van der Waals surface area contributed by atoms with Crippen molar-refractivity contribution in [2.75, 3.05) is 36.4 Å². The Hall–Kier alpha value is -4.96. The summed E-state index contributed by atoms with van der Waals surface area (Å²) in [5.74, 6) is -2.13. The lowest BCUT2D eigenvalue weighted by atomic mass is 10.1. The van der Waals surface area contributed by atoms with Gasteiger partial charge in [-0.15, -0.1) is 0 Å². The van der Waals surface area contributed by atoms with Crippen LogP contribution in [0, 0.1) is 5.82 Å². The summed E-state index contributed by atoms with van der Waals surface area (Å²) in [6.07, 6.45) is 6.26. The number of carbonyl (C=O) groups is 3. The van der Waals surface area contributed by atoms with E-state index < -0.39 is 17.2 Å². The molecule has 1 aliphatic heterocycles. The maximum atomic E-state index is 15.3. The van der Waals surface area contributed by atoms with Gasteiger partial charge in [0.25, 0.3) is 0 Å². The van der Waals surface area contributed by atoms with Gasteiger partial charge >= 0.3 is 12.0 Å². The van der Waals surface area contributed by atoms with Gasteiger partial charge in [-0.25, -0.2) is 14.0 Å². The summed E-state index contributed by atoms with van der Waals surface area (Å²) in [6.45, 7) is 1.40. The quantitative estimate of drug-likeness (QED) is 0.193. The second kappa shape index (κ2) is 12.0. The van der Waals surface area contributed by atoms with E-state index in [1.165, 1.54) is 12.3 Å². The van der Waals surface area contributed by atoms with Crippen molar-refractivity contribution >= 4 is 57.7 Å². The second-order valence-electron chi connectivity index (χ2n) is 10.9. The molecule has 0 bridgehead atoms. The van der Waals surface area contributed by atoms with E-state index in [2.05, 4.69) is 5.32 Å². The highest BCUT2D eigenvalue weighted by atomic mass is 35.5. The standard InChI is InChI=1S/C33H28ClFN4O5/c34-22-6-1-20(2-7-22)3-12-30(40)21-4-8-23(9-5-21)36-33(44)38-15-13-37(14-16-38)29-18-28-25(17-27(29)35)31(41)26(32(42)43)19-39(28)24-10-11-24/h1-9,12,17-19,24H,10-11,13-16H2,(H,36,44)(H,42,43)/b12-3+. The minimum Gasteiger partial charge on any atom is -0.477 e. The highest BCUT2D eigenvalue weighted by Crippen LogP contribution is 2.38. The van der Waals surface area contributed by atoms with Gasteiger partial charge in [0, 0.05) is 60.1 Å². The zero-order valence-corrected chi connectivity index (χ0v) is 24.3. The molecular formula is C33H28ClFN4O5. The normalized spacial score (nSPS) is 15.1. The fourth-order valence-electron chi connectivity index (χ4n) is 5.32. The van der Waals surface area contributed by atoms with Gasteiger partial charge in [0.1, 0.15) is 11.4 Å². The third kappa shape index (κ3) is 6.07. The minimum atomic E-state index is -1.34. The SMILES string of the molecule is O=C(/C=C/c1ccc(Cl)cc1)c1ccc(NC(=O)N2CCN(c3cc4c(cc3F)c(=O)c(C(=O)O)cn4C3CC3)CC2)cc1. The summed E-state index contributed by atoms with van der Waals surface area (Å²) < 4.78 is 17.0. The van der Waals surface area contributed by atoms with Gasteiger partial charge in [-0.05, 0) is 73.0 Å². The number of hydrogen-bond acceptors (Lipinski definition) is 5. The van der Waals surface area contributed by atoms with Crippen LogP contribution in [0.3, 0.4) is 0 Å². The summed E-state index contributed by atoms with van der Waals surface area (Å²) in [5.41, 5.74) is 1.59. The number of halogens is 2. The van der Waals surface area contributed by atoms with Gasteiger partial charge in [0.2, 0.25) is 5.43 Å². The molecule has 6 rings (SSSR count). The molecule has 2 aliphatic rings. The van der Waals surface area contributed by atoms with Crippen molar-refractivity contribution in [3.05, 3.63) is 111 Å². The number of carboxylic acids is 1. The highest BCUT2D eigenvalue weighted by Gasteiger charge is 2.29. The Labute approximate surface area is 256 Å². The topological polar surface area (TPSA) is 112 Å². The molecule has 44 heavy (non-hydrogen) atoms. The first-order chi connectivity index (χ1) is 21.2. The first-order valence-electron chi connectivity index (χ1n) is 14.2. The number of hydrogen-bond donors (Lipinski definition) is 2. The van der Waals surface area contributed by atoms with Crippen LogP contribution in [0.1, 0.15) is 45.2 Å². The molecule has 4 aromatic rings. The van der Waals surface area contributed by atoms with Gasteiger partial charge < -0.3 is 24.8 Å². The fraction of sp³-hybridized carbons (Fsp3) is 0.212. The van der Waals surface area contributed by atoms with E-state index in [0.29, 0.717) is 53.7 Å². The number of carbonyl (C=O) groups excluding carboxylic acids is 2. The van der Waals surface area contributed by atoms with Crippen LogP contribution in [0.25, 0.3) is 17.0 Å². The number of allylic oxidation sites excluding steroid dienone is 1. The van der Waals surface area contributed by atoms with Gasteiger partial charge in [0.05, 0.1) is 11.2 Å². The summed E-state index contributed by atoms with van der Waals surface area (Å²) >= 11 is 5.89. The molecule has 0 unspecified atom stereocenters. The molecule has 1 aromatic heterocycles. The second-order valence-corrected chi connectivity index (χ2v) is 11.3. The number of ketones is 1. The molecule has 1 saturated heterocycles. The molecule has 2 N–H and O–H groups in total. The Bertz CT molecular complexity index is 1860. The van der Waals surface area contributed by atoms with Gasteiger partial charge in [-0.3, -0.25) is 9.59 Å². The molecule has 2 heterocycles. The summed E-state index contributed by atoms with van der Waals surface area (Å²) in [6, 6.07) is 16.2. The molecule has 9 nitrogen and oxygen atoms in total. The predicted molar refractivity (Wildman–Crippen MR) is 167 cm³/mol. The molecular weight excluding hydrogens is 587 g/mol. The summed E-state index contributed by atoms with van der Waals surface area (Å²) in [5, 5.41) is 13.0. The van der Waals surface area contributed by atoms with Crippen LogP contribution in [0.15, 0.2) is 77.7 Å². The third-order valence-corrected chi connectivity index (χ3v) is 8.15. The van der Waals surface area contributed by atoms with E-state index in [9.17, 15) is 24.3 Å². The number of anilines is 2. The maximum absolute atomic E-state index is 15.3. The molecule has 0 radical (unpaired) electrons.